The van der Waals surface area contributed by atoms with Crippen LogP contribution in [0.2, 0.25) is 0 Å². The summed E-state index contributed by atoms with van der Waals surface area (Å²) < 4.78 is 19.6. The summed E-state index contributed by atoms with van der Waals surface area (Å²) in [4.78, 5) is 4.87. The molecule has 6 rings (SSSR count). The highest BCUT2D eigenvalue weighted by atomic mass is 16.5. The van der Waals surface area contributed by atoms with Crippen LogP contribution in [0.3, 0.4) is 0 Å². The Balaban J connectivity index is 1.67. The highest BCUT2D eigenvalue weighted by Crippen LogP contribution is 2.49. The largest absolute Gasteiger partial charge is 0.507 e. The normalized spacial score (nSPS) is 12.2. The Morgan fingerprint density at radius 2 is 1.55 bits per heavy atom. The lowest BCUT2D eigenvalue weighted by atomic mass is 9.92. The Labute approximate surface area is 221 Å². The minimum atomic E-state index is 0.309. The zero-order valence-corrected chi connectivity index (χ0v) is 22.1. The first kappa shape index (κ1) is 23.9. The number of hydrogen-bond acceptors (Lipinski definition) is 6. The molecule has 0 amide bonds. The summed E-state index contributed by atoms with van der Waals surface area (Å²) in [7, 11) is 3.30. The van der Waals surface area contributed by atoms with E-state index in [1.165, 1.54) is 5.56 Å². The number of hydrogen-bond donors (Lipinski definition) is 1. The molecule has 0 bridgehead atoms. The van der Waals surface area contributed by atoms with Crippen LogP contribution < -0.4 is 9.47 Å². The third-order valence-electron chi connectivity index (χ3n) is 7.44. The van der Waals surface area contributed by atoms with Crippen molar-refractivity contribution in [2.45, 2.75) is 33.7 Å². The first-order valence-corrected chi connectivity index (χ1v) is 12.6. The molecule has 1 aliphatic heterocycles. The molecule has 0 saturated heterocycles. The highest BCUT2D eigenvalue weighted by molar-refractivity contribution is 5.95. The predicted octanol–water partition coefficient (Wildman–Crippen LogP) is 6.74. The van der Waals surface area contributed by atoms with E-state index in [1.807, 2.05) is 62.4 Å². The van der Waals surface area contributed by atoms with Crippen LogP contribution in [0.4, 0.5) is 0 Å². The van der Waals surface area contributed by atoms with Gasteiger partial charge in [0, 0.05) is 28.9 Å². The van der Waals surface area contributed by atoms with Gasteiger partial charge in [0.05, 0.1) is 25.5 Å². The number of aromatic hydroxyl groups is 1. The summed E-state index contributed by atoms with van der Waals surface area (Å²) in [6.45, 7) is 6.76. The number of phenols is 1. The molecule has 0 fully saturated rings. The van der Waals surface area contributed by atoms with Crippen molar-refractivity contribution in [1.29, 1.82) is 0 Å². The van der Waals surface area contributed by atoms with Gasteiger partial charge in [-0.25, -0.2) is 0 Å². The molecule has 1 aliphatic rings. The number of phenolic OH excluding ortho intramolecular Hbond substituents is 1. The third-order valence-corrected chi connectivity index (χ3v) is 7.44. The Hall–Kier alpha value is -4.52. The predicted molar refractivity (Wildman–Crippen MR) is 147 cm³/mol. The second kappa shape index (κ2) is 9.10. The molecule has 3 aromatic carbocycles. The van der Waals surface area contributed by atoms with E-state index in [4.69, 9.17) is 19.0 Å². The lowest BCUT2D eigenvalue weighted by Gasteiger charge is -2.23. The van der Waals surface area contributed by atoms with Crippen molar-refractivity contribution in [3.8, 4) is 62.5 Å². The summed E-state index contributed by atoms with van der Waals surface area (Å²) in [5.74, 6) is 2.66. The molecule has 5 aromatic rings. The lowest BCUT2D eigenvalue weighted by molar-refractivity contribution is 0.354. The zero-order valence-electron chi connectivity index (χ0n) is 22.1. The Bertz CT molecular complexity index is 1660. The van der Waals surface area contributed by atoms with Gasteiger partial charge in [0.25, 0.3) is 5.89 Å². The van der Waals surface area contributed by atoms with Gasteiger partial charge in [-0.3, -0.25) is 0 Å². The van der Waals surface area contributed by atoms with Crippen molar-refractivity contribution in [2.24, 2.45) is 0 Å². The number of aromatic nitrogens is 3. The third kappa shape index (κ3) is 3.65. The summed E-state index contributed by atoms with van der Waals surface area (Å²) in [5, 5.41) is 14.8. The van der Waals surface area contributed by atoms with Crippen LogP contribution in [0.1, 0.15) is 22.4 Å². The van der Waals surface area contributed by atoms with Gasteiger partial charge in [-0.2, -0.15) is 4.98 Å². The molecule has 1 N–H and O–H groups in total. The summed E-state index contributed by atoms with van der Waals surface area (Å²) in [5.41, 5.74) is 9.71. The monoisotopic (exact) mass is 507 g/mol. The molecular formula is C31H29N3O4. The molecule has 7 heteroatoms. The van der Waals surface area contributed by atoms with E-state index in [9.17, 15) is 5.11 Å². The molecule has 192 valence electrons. The smallest absolute Gasteiger partial charge is 0.261 e. The minimum Gasteiger partial charge on any atom is -0.507 e. The number of fused-ring (bicyclic) bond motifs is 3. The number of aryl methyl sites for hydroxylation is 3. The van der Waals surface area contributed by atoms with Gasteiger partial charge >= 0.3 is 0 Å². The van der Waals surface area contributed by atoms with Gasteiger partial charge < -0.3 is 23.7 Å². The summed E-state index contributed by atoms with van der Waals surface area (Å²) in [6.07, 6.45) is 0.851. The van der Waals surface area contributed by atoms with Crippen molar-refractivity contribution in [3.63, 3.8) is 0 Å². The maximum absolute atomic E-state index is 10.5. The van der Waals surface area contributed by atoms with Crippen molar-refractivity contribution < 1.29 is 19.1 Å². The molecule has 7 nitrogen and oxygen atoms in total. The first-order valence-electron chi connectivity index (χ1n) is 12.6. The highest BCUT2D eigenvalue weighted by Gasteiger charge is 2.32. The molecular weight excluding hydrogens is 478 g/mol. The van der Waals surface area contributed by atoms with Gasteiger partial charge in [-0.05, 0) is 73.7 Å². The van der Waals surface area contributed by atoms with E-state index in [0.29, 0.717) is 29.0 Å². The van der Waals surface area contributed by atoms with Gasteiger partial charge in [-0.15, -0.1) is 0 Å². The number of ether oxygens (including phenoxy) is 2. The quantitative estimate of drug-likeness (QED) is 0.284. The average molecular weight is 508 g/mol. The first-order chi connectivity index (χ1) is 18.4. The van der Waals surface area contributed by atoms with Crippen LogP contribution in [-0.2, 0) is 13.0 Å². The second-order valence-corrected chi connectivity index (χ2v) is 9.70. The second-order valence-electron chi connectivity index (χ2n) is 9.70. The maximum atomic E-state index is 10.5. The SMILES string of the molecule is COc1cc2c(cc1OC)-c1c(-c3nc(-c4ccccc4)no3)c(-c3cc(C)c(O)c(C)c3)c(C)n1CC2. The zero-order chi connectivity index (χ0) is 26.6. The fraction of sp³-hybridized carbons (Fsp3) is 0.226. The van der Waals surface area contributed by atoms with E-state index >= 15 is 0 Å². The van der Waals surface area contributed by atoms with E-state index in [0.717, 1.165) is 63.3 Å². The topological polar surface area (TPSA) is 82.5 Å². The van der Waals surface area contributed by atoms with E-state index in [-0.39, 0.29) is 0 Å². The van der Waals surface area contributed by atoms with Gasteiger partial charge in [0.15, 0.2) is 11.5 Å². The molecule has 38 heavy (non-hydrogen) atoms. The van der Waals surface area contributed by atoms with Crippen molar-refractivity contribution >= 4 is 0 Å². The van der Waals surface area contributed by atoms with E-state index < -0.39 is 0 Å². The van der Waals surface area contributed by atoms with Crippen molar-refractivity contribution in [3.05, 3.63) is 77.0 Å². The van der Waals surface area contributed by atoms with Crippen LogP contribution >= 0.6 is 0 Å². The average Bonchev–Trinajstić information content (AvgIpc) is 3.54. The standard InChI is InChI=1S/C31H29N3O4/c1-17-13-22(14-18(2)29(17)35)26-19(3)34-12-11-21-15-24(36-4)25(37-5)16-23(21)28(34)27(26)31-32-30(33-38-31)20-9-7-6-8-10-20/h6-10,13-16,35H,11-12H2,1-5H3. The molecule has 0 unspecified atom stereocenters. The lowest BCUT2D eigenvalue weighted by Crippen LogP contribution is -2.12. The minimum absolute atomic E-state index is 0.309. The van der Waals surface area contributed by atoms with Crippen LogP contribution in [0.25, 0.3) is 45.2 Å². The van der Waals surface area contributed by atoms with Gasteiger partial charge in [0.2, 0.25) is 5.82 Å². The molecule has 0 saturated carbocycles. The Kier molecular flexibility index (Phi) is 5.71. The van der Waals surface area contributed by atoms with E-state index in [2.05, 4.69) is 22.7 Å². The fourth-order valence-electron chi connectivity index (χ4n) is 5.57. The van der Waals surface area contributed by atoms with Gasteiger partial charge in [0.1, 0.15) is 5.75 Å². The number of benzene rings is 3. The number of methoxy groups -OCH3 is 2. The van der Waals surface area contributed by atoms with Crippen LogP contribution in [0.5, 0.6) is 17.2 Å². The molecule has 0 spiro atoms. The maximum Gasteiger partial charge on any atom is 0.261 e. The summed E-state index contributed by atoms with van der Waals surface area (Å²) >= 11 is 0. The molecule has 0 atom stereocenters. The summed E-state index contributed by atoms with van der Waals surface area (Å²) in [6, 6.07) is 17.9. The van der Waals surface area contributed by atoms with Crippen LogP contribution in [0.15, 0.2) is 59.1 Å². The molecule has 0 radical (unpaired) electrons. The Morgan fingerprint density at radius 1 is 0.868 bits per heavy atom. The van der Waals surface area contributed by atoms with Crippen molar-refractivity contribution in [2.75, 3.05) is 14.2 Å². The number of rotatable bonds is 5. The van der Waals surface area contributed by atoms with Crippen LogP contribution in [0, 0.1) is 20.8 Å². The molecule has 0 aliphatic carbocycles. The van der Waals surface area contributed by atoms with Crippen molar-refractivity contribution in [1.82, 2.24) is 14.7 Å². The molecule has 2 aromatic heterocycles. The number of nitrogens with zero attached hydrogens (tertiary/aromatic N) is 3. The van der Waals surface area contributed by atoms with E-state index in [1.54, 1.807) is 14.2 Å². The fourth-order valence-corrected chi connectivity index (χ4v) is 5.57. The van der Waals surface area contributed by atoms with Crippen LogP contribution in [-0.4, -0.2) is 34.0 Å². The Morgan fingerprint density at radius 3 is 2.24 bits per heavy atom. The van der Waals surface area contributed by atoms with Gasteiger partial charge in [-0.1, -0.05) is 35.5 Å². The molecule has 3 heterocycles.